The van der Waals surface area contributed by atoms with Gasteiger partial charge in [-0.2, -0.15) is 13.2 Å². The molecule has 0 atom stereocenters. The van der Waals surface area contributed by atoms with Gasteiger partial charge in [-0.1, -0.05) is 18.2 Å². The molecular weight excluding hydrogens is 367 g/mol. The summed E-state index contributed by atoms with van der Waals surface area (Å²) in [6, 6.07) is 13.6. The summed E-state index contributed by atoms with van der Waals surface area (Å²) < 4.78 is 70.6. The lowest BCUT2D eigenvalue weighted by molar-refractivity contribution is -0.137. The average molecular weight is 381 g/mol. The normalized spacial score (nSPS) is 12.2. The zero-order valence-electron chi connectivity index (χ0n) is 13.5. The van der Waals surface area contributed by atoms with E-state index in [-0.39, 0.29) is 10.6 Å². The van der Waals surface area contributed by atoms with Gasteiger partial charge in [-0.25, -0.2) is 8.42 Å². The van der Waals surface area contributed by atoms with Gasteiger partial charge in [0.2, 0.25) is 0 Å². The number of hydrogen-bond acceptors (Lipinski definition) is 3. The van der Waals surface area contributed by atoms with Crippen LogP contribution in [0.15, 0.2) is 65.6 Å². The van der Waals surface area contributed by atoms with Gasteiger partial charge in [-0.3, -0.25) is 4.72 Å². The molecule has 0 aliphatic rings. The van der Waals surface area contributed by atoms with Crippen LogP contribution in [0.3, 0.4) is 0 Å². The number of nitrogens with one attached hydrogen (secondary N) is 1. The third-order valence-electron chi connectivity index (χ3n) is 3.77. The molecule has 0 saturated carbocycles. The van der Waals surface area contributed by atoms with E-state index < -0.39 is 21.8 Å². The summed E-state index contributed by atoms with van der Waals surface area (Å²) in [6.45, 7) is 0. The number of methoxy groups -OCH3 is 1. The maximum atomic E-state index is 12.8. The van der Waals surface area contributed by atoms with E-state index in [1.165, 1.54) is 25.3 Å². The first kappa shape index (κ1) is 18.1. The van der Waals surface area contributed by atoms with Crippen LogP contribution in [-0.4, -0.2) is 15.5 Å². The number of halogens is 3. The van der Waals surface area contributed by atoms with Gasteiger partial charge in [0.15, 0.2) is 0 Å². The number of anilines is 1. The highest BCUT2D eigenvalue weighted by molar-refractivity contribution is 7.92. The molecule has 4 nitrogen and oxygen atoms in total. The summed E-state index contributed by atoms with van der Waals surface area (Å²) in [7, 11) is -2.50. The quantitative estimate of drug-likeness (QED) is 0.715. The van der Waals surface area contributed by atoms with Crippen LogP contribution in [0, 0.1) is 0 Å². The molecule has 0 unspecified atom stereocenters. The van der Waals surface area contributed by atoms with Crippen LogP contribution in [0.4, 0.5) is 18.9 Å². The molecule has 0 saturated heterocycles. The summed E-state index contributed by atoms with van der Waals surface area (Å²) in [5.41, 5.74) is -1.09. The zero-order valence-corrected chi connectivity index (χ0v) is 14.4. The topological polar surface area (TPSA) is 55.4 Å². The Kier molecular flexibility index (Phi) is 4.53. The molecule has 0 fully saturated rings. The highest BCUT2D eigenvalue weighted by Gasteiger charge is 2.30. The second-order valence-electron chi connectivity index (χ2n) is 5.56. The summed E-state index contributed by atoms with van der Waals surface area (Å²) >= 11 is 0. The molecular formula is C18H14F3NO3S. The largest absolute Gasteiger partial charge is 0.497 e. The van der Waals surface area contributed by atoms with E-state index in [9.17, 15) is 21.6 Å². The van der Waals surface area contributed by atoms with Crippen LogP contribution in [0.5, 0.6) is 5.75 Å². The Morgan fingerprint density at radius 2 is 1.62 bits per heavy atom. The standard InChI is InChI=1S/C18H14F3NO3S/c1-25-16-7-5-13-10-17(8-6-12(13)9-16)26(23,24)22-15-4-2-3-14(11-15)18(19,20)21/h2-11,22H,1H3. The Hall–Kier alpha value is -2.74. The van der Waals surface area contributed by atoms with Crippen molar-refractivity contribution in [3.05, 3.63) is 66.2 Å². The Balaban J connectivity index is 1.94. The van der Waals surface area contributed by atoms with Crippen molar-refractivity contribution in [1.29, 1.82) is 0 Å². The SMILES string of the molecule is COc1ccc2cc(S(=O)(=O)Nc3cccc(C(F)(F)F)c3)ccc2c1. The van der Waals surface area contributed by atoms with E-state index in [0.717, 1.165) is 23.6 Å². The second kappa shape index (κ2) is 6.53. The van der Waals surface area contributed by atoms with Crippen LogP contribution >= 0.6 is 0 Å². The Morgan fingerprint density at radius 3 is 2.31 bits per heavy atom. The molecule has 8 heteroatoms. The molecule has 0 aliphatic heterocycles. The van der Waals surface area contributed by atoms with Gasteiger partial charge in [0, 0.05) is 5.69 Å². The second-order valence-corrected chi connectivity index (χ2v) is 7.24. The minimum Gasteiger partial charge on any atom is -0.497 e. The molecule has 136 valence electrons. The average Bonchev–Trinajstić information content (AvgIpc) is 2.60. The van der Waals surface area contributed by atoms with Gasteiger partial charge in [-0.15, -0.1) is 0 Å². The van der Waals surface area contributed by atoms with Crippen molar-refractivity contribution in [1.82, 2.24) is 0 Å². The van der Waals surface area contributed by atoms with E-state index in [1.807, 2.05) is 0 Å². The van der Waals surface area contributed by atoms with Crippen molar-refractivity contribution in [2.24, 2.45) is 0 Å². The fourth-order valence-corrected chi connectivity index (χ4v) is 3.55. The van der Waals surface area contributed by atoms with Crippen LogP contribution in [0.2, 0.25) is 0 Å². The third-order valence-corrected chi connectivity index (χ3v) is 5.15. The van der Waals surface area contributed by atoms with Crippen molar-refractivity contribution < 1.29 is 26.3 Å². The Bertz CT molecular complexity index is 1060. The number of fused-ring (bicyclic) bond motifs is 1. The van der Waals surface area contributed by atoms with Crippen molar-refractivity contribution in [2.75, 3.05) is 11.8 Å². The van der Waals surface area contributed by atoms with Crippen molar-refractivity contribution >= 4 is 26.5 Å². The zero-order chi connectivity index (χ0) is 18.9. The maximum absolute atomic E-state index is 12.8. The first-order chi connectivity index (χ1) is 12.2. The molecule has 0 spiro atoms. The van der Waals surface area contributed by atoms with Crippen molar-refractivity contribution in [2.45, 2.75) is 11.1 Å². The lowest BCUT2D eigenvalue weighted by Gasteiger charge is -2.12. The predicted octanol–water partition coefficient (Wildman–Crippen LogP) is 4.67. The van der Waals surface area contributed by atoms with Gasteiger partial charge in [0.05, 0.1) is 17.6 Å². The molecule has 0 bridgehead atoms. The summed E-state index contributed by atoms with van der Waals surface area (Å²) in [5.74, 6) is 0.634. The lowest BCUT2D eigenvalue weighted by atomic mass is 10.1. The van der Waals surface area contributed by atoms with E-state index in [4.69, 9.17) is 4.74 Å². The molecule has 0 aromatic heterocycles. The Labute approximate surface area is 148 Å². The molecule has 0 heterocycles. The minimum atomic E-state index is -4.55. The number of rotatable bonds is 4. The van der Waals surface area contributed by atoms with E-state index in [2.05, 4.69) is 4.72 Å². The number of alkyl halides is 3. The lowest BCUT2D eigenvalue weighted by Crippen LogP contribution is -2.14. The van der Waals surface area contributed by atoms with Gasteiger partial charge < -0.3 is 4.74 Å². The summed E-state index contributed by atoms with van der Waals surface area (Å²) in [5, 5.41) is 1.44. The highest BCUT2D eigenvalue weighted by atomic mass is 32.2. The third kappa shape index (κ3) is 3.75. The van der Waals surface area contributed by atoms with Gasteiger partial charge in [-0.05, 0) is 53.2 Å². The first-order valence-electron chi connectivity index (χ1n) is 7.47. The fraction of sp³-hybridized carbons (Fsp3) is 0.111. The molecule has 3 aromatic carbocycles. The smallest absolute Gasteiger partial charge is 0.416 e. The van der Waals surface area contributed by atoms with E-state index in [1.54, 1.807) is 24.3 Å². The number of sulfonamides is 1. The van der Waals surface area contributed by atoms with E-state index in [0.29, 0.717) is 11.1 Å². The van der Waals surface area contributed by atoms with Crippen molar-refractivity contribution in [3.8, 4) is 5.75 Å². The summed E-state index contributed by atoms with van der Waals surface area (Å²) in [4.78, 5) is -0.0485. The molecule has 26 heavy (non-hydrogen) atoms. The van der Waals surface area contributed by atoms with E-state index >= 15 is 0 Å². The van der Waals surface area contributed by atoms with Crippen LogP contribution in [0.25, 0.3) is 10.8 Å². The number of benzene rings is 3. The van der Waals surface area contributed by atoms with Crippen LogP contribution in [0.1, 0.15) is 5.56 Å². The maximum Gasteiger partial charge on any atom is 0.416 e. The molecule has 1 N–H and O–H groups in total. The monoisotopic (exact) mass is 381 g/mol. The Morgan fingerprint density at radius 1 is 0.923 bits per heavy atom. The van der Waals surface area contributed by atoms with Gasteiger partial charge in [0.25, 0.3) is 10.0 Å². The van der Waals surface area contributed by atoms with Crippen molar-refractivity contribution in [3.63, 3.8) is 0 Å². The van der Waals surface area contributed by atoms with Crippen LogP contribution in [-0.2, 0) is 16.2 Å². The highest BCUT2D eigenvalue weighted by Crippen LogP contribution is 2.31. The minimum absolute atomic E-state index is 0.0485. The molecule has 0 amide bonds. The molecule has 0 radical (unpaired) electrons. The first-order valence-corrected chi connectivity index (χ1v) is 8.95. The molecule has 3 aromatic rings. The fourth-order valence-electron chi connectivity index (χ4n) is 2.47. The van der Waals surface area contributed by atoms with Gasteiger partial charge >= 0.3 is 6.18 Å². The van der Waals surface area contributed by atoms with Crippen LogP contribution < -0.4 is 9.46 Å². The molecule has 0 aliphatic carbocycles. The summed E-state index contributed by atoms with van der Waals surface area (Å²) in [6.07, 6.45) is -4.55. The number of ether oxygens (including phenoxy) is 1. The predicted molar refractivity (Wildman–Crippen MR) is 92.8 cm³/mol. The molecule has 3 rings (SSSR count). The van der Waals surface area contributed by atoms with Gasteiger partial charge in [0.1, 0.15) is 5.75 Å². The number of hydrogen-bond donors (Lipinski definition) is 1.